The standard InChI is InChI=1S/C11H14FNS/c1-3-4-7-13-11-6-5-9(14-2)8-10(11)12/h4-8,13H,3H2,1-2H3/b7-4+. The van der Waals surface area contributed by atoms with Gasteiger partial charge in [-0.05, 0) is 37.1 Å². The van der Waals surface area contributed by atoms with Crippen molar-refractivity contribution in [1.29, 1.82) is 0 Å². The van der Waals surface area contributed by atoms with Gasteiger partial charge in [-0.25, -0.2) is 4.39 Å². The molecule has 3 heteroatoms. The van der Waals surface area contributed by atoms with Gasteiger partial charge >= 0.3 is 0 Å². The van der Waals surface area contributed by atoms with Gasteiger partial charge in [0, 0.05) is 4.90 Å². The second-order valence-electron chi connectivity index (χ2n) is 2.80. The number of thioether (sulfide) groups is 1. The van der Waals surface area contributed by atoms with Crippen LogP contribution in [0.4, 0.5) is 10.1 Å². The molecule has 0 unspecified atom stereocenters. The number of benzene rings is 1. The maximum Gasteiger partial charge on any atom is 0.147 e. The van der Waals surface area contributed by atoms with Crippen molar-refractivity contribution >= 4 is 17.4 Å². The van der Waals surface area contributed by atoms with E-state index in [-0.39, 0.29) is 5.82 Å². The number of allylic oxidation sites excluding steroid dienone is 1. The zero-order chi connectivity index (χ0) is 10.4. The average Bonchev–Trinajstić information content (AvgIpc) is 2.20. The molecule has 0 saturated heterocycles. The van der Waals surface area contributed by atoms with E-state index in [9.17, 15) is 4.39 Å². The Hall–Kier alpha value is -0.960. The number of anilines is 1. The molecule has 0 aromatic heterocycles. The molecule has 0 bridgehead atoms. The second-order valence-corrected chi connectivity index (χ2v) is 3.68. The molecule has 0 radical (unpaired) electrons. The summed E-state index contributed by atoms with van der Waals surface area (Å²) >= 11 is 1.53. The van der Waals surface area contributed by atoms with Crippen molar-refractivity contribution in [2.45, 2.75) is 18.2 Å². The van der Waals surface area contributed by atoms with E-state index in [1.54, 1.807) is 12.3 Å². The molecule has 0 aliphatic rings. The fourth-order valence-electron chi connectivity index (χ4n) is 1.01. The summed E-state index contributed by atoms with van der Waals surface area (Å²) in [6.07, 6.45) is 6.58. The van der Waals surface area contributed by atoms with Crippen molar-refractivity contribution in [2.24, 2.45) is 0 Å². The maximum absolute atomic E-state index is 13.4. The summed E-state index contributed by atoms with van der Waals surface area (Å²) < 4.78 is 13.4. The fourth-order valence-corrected chi connectivity index (χ4v) is 1.43. The number of nitrogens with one attached hydrogen (secondary N) is 1. The van der Waals surface area contributed by atoms with Crippen LogP contribution in [0, 0.1) is 5.82 Å². The smallest absolute Gasteiger partial charge is 0.147 e. The van der Waals surface area contributed by atoms with Gasteiger partial charge in [-0.15, -0.1) is 11.8 Å². The van der Waals surface area contributed by atoms with E-state index < -0.39 is 0 Å². The molecule has 14 heavy (non-hydrogen) atoms. The average molecular weight is 211 g/mol. The van der Waals surface area contributed by atoms with Crippen molar-refractivity contribution in [3.63, 3.8) is 0 Å². The SMILES string of the molecule is CC/C=C/Nc1ccc(SC)cc1F. The predicted molar refractivity (Wildman–Crippen MR) is 61.2 cm³/mol. The predicted octanol–water partition coefficient (Wildman–Crippen LogP) is 3.88. The first kappa shape index (κ1) is 11.1. The van der Waals surface area contributed by atoms with E-state index in [2.05, 4.69) is 5.32 Å². The largest absolute Gasteiger partial charge is 0.360 e. The molecule has 0 atom stereocenters. The summed E-state index contributed by atoms with van der Waals surface area (Å²) in [5, 5.41) is 2.90. The maximum atomic E-state index is 13.4. The van der Waals surface area contributed by atoms with E-state index in [0.717, 1.165) is 11.3 Å². The van der Waals surface area contributed by atoms with Gasteiger partial charge in [0.25, 0.3) is 0 Å². The number of rotatable bonds is 4. The highest BCUT2D eigenvalue weighted by Crippen LogP contribution is 2.21. The molecule has 0 amide bonds. The monoisotopic (exact) mass is 211 g/mol. The normalized spacial score (nSPS) is 10.8. The highest BCUT2D eigenvalue weighted by atomic mass is 32.2. The quantitative estimate of drug-likeness (QED) is 0.758. The van der Waals surface area contributed by atoms with E-state index in [1.807, 2.05) is 25.3 Å². The van der Waals surface area contributed by atoms with Gasteiger partial charge in [-0.3, -0.25) is 0 Å². The summed E-state index contributed by atoms with van der Waals surface area (Å²) in [5.74, 6) is -0.211. The van der Waals surface area contributed by atoms with Crippen LogP contribution in [0.2, 0.25) is 0 Å². The lowest BCUT2D eigenvalue weighted by Crippen LogP contribution is -1.91. The molecular formula is C11H14FNS. The number of halogens is 1. The van der Waals surface area contributed by atoms with Crippen LogP contribution >= 0.6 is 11.8 Å². The molecule has 0 heterocycles. The van der Waals surface area contributed by atoms with Gasteiger partial charge in [-0.2, -0.15) is 0 Å². The first-order chi connectivity index (χ1) is 6.77. The van der Waals surface area contributed by atoms with E-state index in [1.165, 1.54) is 17.8 Å². The lowest BCUT2D eigenvalue weighted by atomic mass is 10.3. The molecule has 76 valence electrons. The molecule has 0 aliphatic heterocycles. The third-order valence-corrected chi connectivity index (χ3v) is 2.49. The van der Waals surface area contributed by atoms with Gasteiger partial charge < -0.3 is 5.32 Å². The van der Waals surface area contributed by atoms with Crippen molar-refractivity contribution in [2.75, 3.05) is 11.6 Å². The summed E-state index contributed by atoms with van der Waals surface area (Å²) in [6, 6.07) is 5.18. The molecule has 1 N–H and O–H groups in total. The summed E-state index contributed by atoms with van der Waals surface area (Å²) in [6.45, 7) is 2.03. The van der Waals surface area contributed by atoms with Crippen LogP contribution in [0.25, 0.3) is 0 Å². The van der Waals surface area contributed by atoms with Gasteiger partial charge in [0.15, 0.2) is 0 Å². The van der Waals surface area contributed by atoms with Gasteiger partial charge in [-0.1, -0.05) is 13.0 Å². The van der Waals surface area contributed by atoms with Crippen LogP contribution in [-0.2, 0) is 0 Å². The molecule has 1 rings (SSSR count). The van der Waals surface area contributed by atoms with E-state index in [0.29, 0.717) is 5.69 Å². The Morgan fingerprint density at radius 2 is 2.29 bits per heavy atom. The highest BCUT2D eigenvalue weighted by molar-refractivity contribution is 7.98. The minimum absolute atomic E-state index is 0.211. The highest BCUT2D eigenvalue weighted by Gasteiger charge is 2.00. The molecule has 0 fully saturated rings. The number of hydrogen-bond donors (Lipinski definition) is 1. The molecule has 0 saturated carbocycles. The van der Waals surface area contributed by atoms with Crippen LogP contribution in [0.15, 0.2) is 35.4 Å². The topological polar surface area (TPSA) is 12.0 Å². The Bertz CT molecular complexity index is 323. The van der Waals surface area contributed by atoms with Crippen molar-refractivity contribution in [3.05, 3.63) is 36.3 Å². The summed E-state index contributed by atoms with van der Waals surface area (Å²) in [5.41, 5.74) is 0.521. The lowest BCUT2D eigenvalue weighted by Gasteiger charge is -2.03. The van der Waals surface area contributed by atoms with Gasteiger partial charge in [0.1, 0.15) is 5.82 Å². The Morgan fingerprint density at radius 3 is 2.86 bits per heavy atom. The first-order valence-corrected chi connectivity index (χ1v) is 5.75. The van der Waals surface area contributed by atoms with Crippen LogP contribution in [0.1, 0.15) is 13.3 Å². The zero-order valence-electron chi connectivity index (χ0n) is 8.38. The van der Waals surface area contributed by atoms with Crippen LogP contribution in [0.3, 0.4) is 0 Å². The van der Waals surface area contributed by atoms with Crippen molar-refractivity contribution in [3.8, 4) is 0 Å². The summed E-state index contributed by atoms with van der Waals surface area (Å²) in [4.78, 5) is 0.938. The molecule has 0 spiro atoms. The Balaban J connectivity index is 2.73. The Morgan fingerprint density at radius 1 is 1.50 bits per heavy atom. The minimum Gasteiger partial charge on any atom is -0.360 e. The third-order valence-electron chi connectivity index (χ3n) is 1.77. The van der Waals surface area contributed by atoms with Crippen molar-refractivity contribution < 1.29 is 4.39 Å². The fraction of sp³-hybridized carbons (Fsp3) is 0.273. The van der Waals surface area contributed by atoms with Crippen LogP contribution < -0.4 is 5.32 Å². The Labute approximate surface area is 88.4 Å². The lowest BCUT2D eigenvalue weighted by molar-refractivity contribution is 0.628. The molecule has 1 aromatic rings. The molecule has 0 aliphatic carbocycles. The van der Waals surface area contributed by atoms with Crippen LogP contribution in [-0.4, -0.2) is 6.26 Å². The zero-order valence-corrected chi connectivity index (χ0v) is 9.20. The second kappa shape index (κ2) is 5.70. The van der Waals surface area contributed by atoms with Gasteiger partial charge in [0.05, 0.1) is 5.69 Å². The van der Waals surface area contributed by atoms with Crippen LogP contribution in [0.5, 0.6) is 0 Å². The summed E-state index contributed by atoms with van der Waals surface area (Å²) in [7, 11) is 0. The molecular weight excluding hydrogens is 197 g/mol. The first-order valence-electron chi connectivity index (χ1n) is 4.53. The Kier molecular flexibility index (Phi) is 4.53. The minimum atomic E-state index is -0.211. The number of hydrogen-bond acceptors (Lipinski definition) is 2. The van der Waals surface area contributed by atoms with E-state index in [4.69, 9.17) is 0 Å². The molecule has 1 nitrogen and oxygen atoms in total. The van der Waals surface area contributed by atoms with Gasteiger partial charge in [0.2, 0.25) is 0 Å². The van der Waals surface area contributed by atoms with E-state index >= 15 is 0 Å². The van der Waals surface area contributed by atoms with Crippen molar-refractivity contribution in [1.82, 2.24) is 0 Å². The third kappa shape index (κ3) is 3.07. The molecule has 1 aromatic carbocycles.